The van der Waals surface area contributed by atoms with E-state index < -0.39 is 17.7 Å². The number of ether oxygens (including phenoxy) is 2. The molecule has 78 valence electrons. The van der Waals surface area contributed by atoms with Gasteiger partial charge in [-0.15, -0.1) is 0 Å². The van der Waals surface area contributed by atoms with E-state index in [1.54, 1.807) is 7.11 Å². The number of methoxy groups -OCH3 is 1. The molecule has 0 bridgehead atoms. The van der Waals surface area contributed by atoms with Gasteiger partial charge in [0.05, 0.1) is 12.2 Å². The van der Waals surface area contributed by atoms with Gasteiger partial charge in [-0.3, -0.25) is 0 Å². The number of hydrogen-bond acceptors (Lipinski definition) is 4. The maximum atomic E-state index is 11.2. The zero-order valence-electron chi connectivity index (χ0n) is 8.16. The van der Waals surface area contributed by atoms with Crippen LogP contribution in [0.2, 0.25) is 0 Å². The summed E-state index contributed by atoms with van der Waals surface area (Å²) >= 11 is 0. The summed E-state index contributed by atoms with van der Waals surface area (Å²) in [5, 5.41) is 10.3. The second kappa shape index (κ2) is 3.07. The average Bonchev–Trinajstić information content (AvgIpc) is 2.56. The van der Waals surface area contributed by atoms with Crippen molar-refractivity contribution in [1.82, 2.24) is 0 Å². The van der Waals surface area contributed by atoms with E-state index in [1.165, 1.54) is 0 Å². The molecule has 1 saturated heterocycles. The molecule has 4 nitrogen and oxygen atoms in total. The molecule has 2 rings (SSSR count). The number of carbonyl (C=O) groups excluding carboxylic acids is 1. The van der Waals surface area contributed by atoms with Gasteiger partial charge in [-0.05, 0) is 12.8 Å². The van der Waals surface area contributed by atoms with Crippen molar-refractivity contribution in [3.05, 3.63) is 12.2 Å². The third-order valence-electron chi connectivity index (χ3n) is 3.24. The molecule has 1 aliphatic carbocycles. The summed E-state index contributed by atoms with van der Waals surface area (Å²) in [5.74, 6) is -0.547. The molecule has 0 spiro atoms. The Kier molecular flexibility index (Phi) is 2.12. The maximum absolute atomic E-state index is 11.2. The van der Waals surface area contributed by atoms with E-state index in [1.807, 2.05) is 0 Å². The standard InChI is InChI=1S/C10H14O4/c1-6-9(11)14-8-4-3-7(5-13-2)10(6,8)12/h7-8,12H,1,3-5H2,2H3/t7-,8-,10-/m1/s1. The van der Waals surface area contributed by atoms with Gasteiger partial charge < -0.3 is 14.6 Å². The molecule has 0 radical (unpaired) electrons. The first-order valence-electron chi connectivity index (χ1n) is 4.72. The fraction of sp³-hybridized carbons (Fsp3) is 0.700. The first-order valence-corrected chi connectivity index (χ1v) is 4.72. The summed E-state index contributed by atoms with van der Waals surface area (Å²) in [6.07, 6.45) is 1.08. The van der Waals surface area contributed by atoms with Gasteiger partial charge in [0.25, 0.3) is 0 Å². The van der Waals surface area contributed by atoms with Gasteiger partial charge in [-0.1, -0.05) is 6.58 Å². The molecule has 0 amide bonds. The second-order valence-corrected chi connectivity index (χ2v) is 3.93. The van der Waals surface area contributed by atoms with Crippen LogP contribution in [0.1, 0.15) is 12.8 Å². The Morgan fingerprint density at radius 1 is 1.71 bits per heavy atom. The van der Waals surface area contributed by atoms with Crippen molar-refractivity contribution in [2.45, 2.75) is 24.5 Å². The van der Waals surface area contributed by atoms with Gasteiger partial charge in [0, 0.05) is 13.0 Å². The fourth-order valence-corrected chi connectivity index (χ4v) is 2.42. The lowest BCUT2D eigenvalue weighted by molar-refractivity contribution is -0.140. The lowest BCUT2D eigenvalue weighted by Gasteiger charge is -2.27. The molecular formula is C10H14O4. The molecule has 0 unspecified atom stereocenters. The van der Waals surface area contributed by atoms with Crippen LogP contribution in [-0.2, 0) is 14.3 Å². The monoisotopic (exact) mass is 198 g/mol. The molecule has 1 N–H and O–H groups in total. The molecule has 14 heavy (non-hydrogen) atoms. The summed E-state index contributed by atoms with van der Waals surface area (Å²) < 4.78 is 10.0. The average molecular weight is 198 g/mol. The lowest BCUT2D eigenvalue weighted by Crippen LogP contribution is -2.42. The zero-order chi connectivity index (χ0) is 10.3. The number of rotatable bonds is 2. The first-order chi connectivity index (χ1) is 6.60. The molecular weight excluding hydrogens is 184 g/mol. The number of carbonyl (C=O) groups is 1. The SMILES string of the molecule is C=C1C(=O)O[C@@H]2CC[C@H](COC)[C@]12O. The minimum atomic E-state index is -1.19. The highest BCUT2D eigenvalue weighted by molar-refractivity contribution is 5.93. The van der Waals surface area contributed by atoms with E-state index in [0.717, 1.165) is 6.42 Å². The Labute approximate surface area is 82.5 Å². The highest BCUT2D eigenvalue weighted by atomic mass is 16.6. The third kappa shape index (κ3) is 1.04. The van der Waals surface area contributed by atoms with Crippen LogP contribution in [0, 0.1) is 5.92 Å². The van der Waals surface area contributed by atoms with Crippen LogP contribution >= 0.6 is 0 Å². The summed E-state index contributed by atoms with van der Waals surface area (Å²) in [4.78, 5) is 11.2. The van der Waals surface area contributed by atoms with Crippen molar-refractivity contribution in [3.8, 4) is 0 Å². The molecule has 3 atom stereocenters. The van der Waals surface area contributed by atoms with E-state index in [9.17, 15) is 9.90 Å². The van der Waals surface area contributed by atoms with Crippen molar-refractivity contribution in [3.63, 3.8) is 0 Å². The maximum Gasteiger partial charge on any atom is 0.336 e. The van der Waals surface area contributed by atoms with E-state index in [4.69, 9.17) is 9.47 Å². The number of hydrogen-bond donors (Lipinski definition) is 1. The van der Waals surface area contributed by atoms with Crippen LogP contribution in [0.15, 0.2) is 12.2 Å². The highest BCUT2D eigenvalue weighted by Gasteiger charge is 2.59. The number of fused-ring (bicyclic) bond motifs is 1. The number of esters is 1. The minimum Gasteiger partial charge on any atom is -0.455 e. The Morgan fingerprint density at radius 3 is 3.07 bits per heavy atom. The smallest absolute Gasteiger partial charge is 0.336 e. The van der Waals surface area contributed by atoms with Crippen LogP contribution in [0.4, 0.5) is 0 Å². The van der Waals surface area contributed by atoms with Crippen LogP contribution in [0.3, 0.4) is 0 Å². The van der Waals surface area contributed by atoms with Crippen molar-refractivity contribution in [2.24, 2.45) is 5.92 Å². The predicted octanol–water partition coefficient (Wildman–Crippen LogP) is 0.255. The first kappa shape index (κ1) is 9.68. The summed E-state index contributed by atoms with van der Waals surface area (Å²) in [6, 6.07) is 0. The molecule has 1 aliphatic heterocycles. The fourth-order valence-electron chi connectivity index (χ4n) is 2.42. The predicted molar refractivity (Wildman–Crippen MR) is 48.6 cm³/mol. The van der Waals surface area contributed by atoms with Crippen molar-refractivity contribution < 1.29 is 19.4 Å². The van der Waals surface area contributed by atoms with E-state index in [2.05, 4.69) is 6.58 Å². The third-order valence-corrected chi connectivity index (χ3v) is 3.24. The molecule has 1 saturated carbocycles. The van der Waals surface area contributed by atoms with E-state index >= 15 is 0 Å². The van der Waals surface area contributed by atoms with Crippen LogP contribution in [-0.4, -0.2) is 36.5 Å². The second-order valence-electron chi connectivity index (χ2n) is 3.93. The highest BCUT2D eigenvalue weighted by Crippen LogP contribution is 2.47. The van der Waals surface area contributed by atoms with E-state index in [-0.39, 0.29) is 11.5 Å². The van der Waals surface area contributed by atoms with Crippen LogP contribution in [0.5, 0.6) is 0 Å². The molecule has 2 fully saturated rings. The molecule has 1 heterocycles. The van der Waals surface area contributed by atoms with E-state index in [0.29, 0.717) is 13.0 Å². The zero-order valence-corrected chi connectivity index (χ0v) is 8.16. The summed E-state index contributed by atoms with van der Waals surface area (Å²) in [5.41, 5.74) is -1.00. The number of aliphatic hydroxyl groups is 1. The lowest BCUT2D eigenvalue weighted by atomic mass is 9.85. The van der Waals surface area contributed by atoms with Gasteiger partial charge in [0.1, 0.15) is 11.7 Å². The molecule has 4 heteroatoms. The van der Waals surface area contributed by atoms with Gasteiger partial charge in [-0.25, -0.2) is 4.79 Å². The van der Waals surface area contributed by atoms with Crippen molar-refractivity contribution in [1.29, 1.82) is 0 Å². The van der Waals surface area contributed by atoms with Gasteiger partial charge in [0.2, 0.25) is 0 Å². The normalized spacial score (nSPS) is 41.3. The molecule has 0 aromatic rings. The largest absolute Gasteiger partial charge is 0.455 e. The Morgan fingerprint density at radius 2 is 2.43 bits per heavy atom. The molecule has 0 aromatic carbocycles. The van der Waals surface area contributed by atoms with Gasteiger partial charge >= 0.3 is 5.97 Å². The minimum absolute atomic E-state index is 0.0727. The Bertz CT molecular complexity index is 284. The summed E-state index contributed by atoms with van der Waals surface area (Å²) in [6.45, 7) is 4.04. The van der Waals surface area contributed by atoms with Gasteiger partial charge in [-0.2, -0.15) is 0 Å². The summed E-state index contributed by atoms with van der Waals surface area (Å²) in [7, 11) is 1.58. The topological polar surface area (TPSA) is 55.8 Å². The van der Waals surface area contributed by atoms with Crippen LogP contribution in [0.25, 0.3) is 0 Å². The Hall–Kier alpha value is -0.870. The van der Waals surface area contributed by atoms with Crippen molar-refractivity contribution >= 4 is 5.97 Å². The Balaban J connectivity index is 2.27. The molecule has 0 aromatic heterocycles. The molecule has 2 aliphatic rings. The van der Waals surface area contributed by atoms with Gasteiger partial charge in [0.15, 0.2) is 0 Å². The van der Waals surface area contributed by atoms with Crippen LogP contribution < -0.4 is 0 Å². The quantitative estimate of drug-likeness (QED) is 0.510. The van der Waals surface area contributed by atoms with Crippen molar-refractivity contribution in [2.75, 3.05) is 13.7 Å².